The van der Waals surface area contributed by atoms with Gasteiger partial charge in [-0.05, 0) is 48.4 Å². The average molecular weight is 568 g/mol. The highest BCUT2D eigenvalue weighted by atomic mass is 79.9. The number of rotatable bonds is 7. The Kier molecular flexibility index (Phi) is 7.44. The summed E-state index contributed by atoms with van der Waals surface area (Å²) < 4.78 is 20.6. The molecule has 0 aromatic heterocycles. The number of urea groups is 1. The van der Waals surface area contributed by atoms with E-state index in [1.165, 1.54) is 30.3 Å². The normalized spacial score (nSPS) is 14.6. The van der Waals surface area contributed by atoms with E-state index in [-0.39, 0.29) is 29.2 Å². The van der Waals surface area contributed by atoms with Crippen molar-refractivity contribution in [3.8, 4) is 5.75 Å². The zero-order chi connectivity index (χ0) is 26.7. The van der Waals surface area contributed by atoms with Crippen molar-refractivity contribution >= 4 is 51.2 Å². The summed E-state index contributed by atoms with van der Waals surface area (Å²) in [6.07, 6.45) is 1.52. The lowest BCUT2D eigenvalue weighted by Crippen LogP contribution is -2.54. The molecule has 11 heteroatoms. The van der Waals surface area contributed by atoms with Crippen LogP contribution in [0.4, 0.5) is 20.6 Å². The van der Waals surface area contributed by atoms with Crippen molar-refractivity contribution < 1.29 is 28.4 Å². The molecular formula is C26H19BrFN3O6. The Hall–Kier alpha value is -4.38. The molecule has 3 aromatic carbocycles. The van der Waals surface area contributed by atoms with Crippen molar-refractivity contribution in [2.24, 2.45) is 0 Å². The molecule has 0 atom stereocenters. The van der Waals surface area contributed by atoms with Gasteiger partial charge in [0.2, 0.25) is 0 Å². The number of hydrogen-bond donors (Lipinski definition) is 1. The smallest absolute Gasteiger partial charge is 0.335 e. The third-order valence-corrected chi connectivity index (χ3v) is 6.22. The number of nitro groups is 1. The van der Waals surface area contributed by atoms with Gasteiger partial charge in [-0.25, -0.2) is 14.1 Å². The van der Waals surface area contributed by atoms with E-state index in [4.69, 9.17) is 4.74 Å². The quantitative estimate of drug-likeness (QED) is 0.182. The summed E-state index contributed by atoms with van der Waals surface area (Å²) in [5, 5.41) is 13.2. The predicted molar refractivity (Wildman–Crippen MR) is 137 cm³/mol. The van der Waals surface area contributed by atoms with E-state index in [0.717, 1.165) is 6.07 Å². The molecule has 1 saturated heterocycles. The summed E-state index contributed by atoms with van der Waals surface area (Å²) in [6.45, 7) is 2.10. The number of non-ortho nitro benzene ring substituents is 1. The van der Waals surface area contributed by atoms with Crippen molar-refractivity contribution in [1.29, 1.82) is 0 Å². The summed E-state index contributed by atoms with van der Waals surface area (Å²) in [5.41, 5.74) is 0.787. The monoisotopic (exact) mass is 567 g/mol. The molecule has 1 fully saturated rings. The first-order valence-electron chi connectivity index (χ1n) is 11.0. The largest absolute Gasteiger partial charge is 0.494 e. The molecule has 9 nitrogen and oxygen atoms in total. The van der Waals surface area contributed by atoms with Gasteiger partial charge in [0.05, 0.1) is 17.2 Å². The topological polar surface area (TPSA) is 119 Å². The van der Waals surface area contributed by atoms with Gasteiger partial charge in [-0.15, -0.1) is 0 Å². The molecule has 1 N–H and O–H groups in total. The predicted octanol–water partition coefficient (Wildman–Crippen LogP) is 5.15. The van der Waals surface area contributed by atoms with Gasteiger partial charge in [0.1, 0.15) is 17.1 Å². The number of imide groups is 2. The molecule has 1 heterocycles. The van der Waals surface area contributed by atoms with Crippen molar-refractivity contribution in [3.05, 3.63) is 103 Å². The molecule has 4 amide bonds. The van der Waals surface area contributed by atoms with Crippen LogP contribution in [-0.4, -0.2) is 29.4 Å². The highest BCUT2D eigenvalue weighted by Crippen LogP contribution is 2.33. The molecule has 4 rings (SSSR count). The highest BCUT2D eigenvalue weighted by Gasteiger charge is 2.37. The fourth-order valence-electron chi connectivity index (χ4n) is 3.81. The molecule has 0 aliphatic carbocycles. The standard InChI is InChI=1S/C26H19BrFN3O6/c1-2-37-23-12-15(11-21(27)19(23)13-16-6-3-4-9-22(16)28)10-20-24(32)29-26(34)30(25(20)33)17-7-5-8-18(14-17)31(35)36/h3-12,14H,2,13H2,1H3,(H,29,32,34)/b20-10+. The number of nitrogens with zero attached hydrogens (tertiary/aromatic N) is 2. The highest BCUT2D eigenvalue weighted by molar-refractivity contribution is 9.10. The maximum Gasteiger partial charge on any atom is 0.335 e. The lowest BCUT2D eigenvalue weighted by Gasteiger charge is -2.26. The van der Waals surface area contributed by atoms with Crippen LogP contribution >= 0.6 is 15.9 Å². The van der Waals surface area contributed by atoms with Crippen LogP contribution in [0, 0.1) is 15.9 Å². The number of hydrogen-bond acceptors (Lipinski definition) is 6. The van der Waals surface area contributed by atoms with E-state index in [9.17, 15) is 28.9 Å². The Morgan fingerprint density at radius 1 is 1.11 bits per heavy atom. The van der Waals surface area contributed by atoms with E-state index < -0.39 is 22.8 Å². The number of benzene rings is 3. The third kappa shape index (κ3) is 5.41. The number of nitrogens with one attached hydrogen (secondary N) is 1. The van der Waals surface area contributed by atoms with Gasteiger partial charge in [-0.2, -0.15) is 0 Å². The van der Waals surface area contributed by atoms with E-state index in [2.05, 4.69) is 21.2 Å². The van der Waals surface area contributed by atoms with Crippen molar-refractivity contribution in [3.63, 3.8) is 0 Å². The van der Waals surface area contributed by atoms with Gasteiger partial charge in [0, 0.05) is 28.6 Å². The Balaban J connectivity index is 1.73. The first-order chi connectivity index (χ1) is 17.7. The fourth-order valence-corrected chi connectivity index (χ4v) is 4.41. The van der Waals surface area contributed by atoms with Gasteiger partial charge in [-0.1, -0.05) is 40.2 Å². The van der Waals surface area contributed by atoms with Crippen LogP contribution in [0.2, 0.25) is 0 Å². The number of carbonyl (C=O) groups is 3. The molecular weight excluding hydrogens is 549 g/mol. The van der Waals surface area contributed by atoms with Crippen LogP contribution in [0.3, 0.4) is 0 Å². The van der Waals surface area contributed by atoms with Gasteiger partial charge in [0.25, 0.3) is 17.5 Å². The van der Waals surface area contributed by atoms with Crippen LogP contribution in [0.1, 0.15) is 23.6 Å². The Bertz CT molecular complexity index is 1470. The van der Waals surface area contributed by atoms with Crippen molar-refractivity contribution in [2.45, 2.75) is 13.3 Å². The zero-order valence-electron chi connectivity index (χ0n) is 19.4. The zero-order valence-corrected chi connectivity index (χ0v) is 21.0. The first kappa shape index (κ1) is 25.7. The Morgan fingerprint density at radius 3 is 2.57 bits per heavy atom. The SMILES string of the molecule is CCOc1cc(/C=C2\C(=O)NC(=O)N(c3cccc([N+](=O)[O-])c3)C2=O)cc(Br)c1Cc1ccccc1F. The van der Waals surface area contributed by atoms with Crippen LogP contribution < -0.4 is 15.0 Å². The third-order valence-electron chi connectivity index (χ3n) is 5.51. The van der Waals surface area contributed by atoms with E-state index in [1.807, 2.05) is 0 Å². The van der Waals surface area contributed by atoms with E-state index >= 15 is 0 Å². The van der Waals surface area contributed by atoms with Crippen molar-refractivity contribution in [1.82, 2.24) is 5.32 Å². The number of anilines is 1. The van der Waals surface area contributed by atoms with Crippen LogP contribution in [0.5, 0.6) is 5.75 Å². The molecule has 0 bridgehead atoms. The summed E-state index contributed by atoms with van der Waals surface area (Å²) in [5.74, 6) is -1.80. The van der Waals surface area contributed by atoms with Crippen LogP contribution in [-0.2, 0) is 16.0 Å². The summed E-state index contributed by atoms with van der Waals surface area (Å²) in [7, 11) is 0. The first-order valence-corrected chi connectivity index (χ1v) is 11.8. The second kappa shape index (κ2) is 10.7. The van der Waals surface area contributed by atoms with E-state index in [1.54, 1.807) is 37.3 Å². The minimum Gasteiger partial charge on any atom is -0.494 e. The van der Waals surface area contributed by atoms with Crippen molar-refractivity contribution in [2.75, 3.05) is 11.5 Å². The lowest BCUT2D eigenvalue weighted by atomic mass is 10.00. The van der Waals surface area contributed by atoms with Crippen LogP contribution in [0.25, 0.3) is 6.08 Å². The molecule has 0 spiro atoms. The number of nitro benzene ring substituents is 1. The fraction of sp³-hybridized carbons (Fsp3) is 0.115. The lowest BCUT2D eigenvalue weighted by molar-refractivity contribution is -0.384. The molecule has 0 radical (unpaired) electrons. The van der Waals surface area contributed by atoms with Gasteiger partial charge < -0.3 is 4.74 Å². The molecule has 1 aliphatic rings. The number of amides is 4. The average Bonchev–Trinajstić information content (AvgIpc) is 2.85. The summed E-state index contributed by atoms with van der Waals surface area (Å²) in [4.78, 5) is 49.4. The minimum atomic E-state index is -1.02. The van der Waals surface area contributed by atoms with Gasteiger partial charge >= 0.3 is 6.03 Å². The Morgan fingerprint density at radius 2 is 1.86 bits per heavy atom. The maximum atomic E-state index is 14.3. The molecule has 0 saturated carbocycles. The Labute approximate surface area is 218 Å². The van der Waals surface area contributed by atoms with E-state index in [0.29, 0.717) is 38.4 Å². The van der Waals surface area contributed by atoms with Gasteiger partial charge in [-0.3, -0.25) is 25.0 Å². The summed E-state index contributed by atoms with van der Waals surface area (Å²) >= 11 is 3.48. The second-order valence-corrected chi connectivity index (χ2v) is 8.77. The number of carbonyl (C=O) groups excluding carboxylic acids is 3. The molecule has 0 unspecified atom stereocenters. The number of ether oxygens (including phenoxy) is 1. The second-order valence-electron chi connectivity index (χ2n) is 7.92. The molecule has 37 heavy (non-hydrogen) atoms. The molecule has 1 aliphatic heterocycles. The number of halogens is 2. The minimum absolute atomic E-state index is 0.0634. The molecule has 188 valence electrons. The summed E-state index contributed by atoms with van der Waals surface area (Å²) in [6, 6.07) is 13.5. The maximum absolute atomic E-state index is 14.3. The van der Waals surface area contributed by atoms with Crippen LogP contribution in [0.15, 0.2) is 70.7 Å². The van der Waals surface area contributed by atoms with Gasteiger partial charge in [0.15, 0.2) is 0 Å². The number of barbiturate groups is 1. The molecule has 3 aromatic rings.